The minimum atomic E-state index is -3.63. The lowest BCUT2D eigenvalue weighted by Crippen LogP contribution is -2.25. The molecule has 7 nitrogen and oxygen atoms in total. The Morgan fingerprint density at radius 3 is 2.38 bits per heavy atom. The number of hydrogen-bond acceptors (Lipinski definition) is 5. The summed E-state index contributed by atoms with van der Waals surface area (Å²) >= 11 is 0. The van der Waals surface area contributed by atoms with Gasteiger partial charge in [0.1, 0.15) is 0 Å². The Kier molecular flexibility index (Phi) is 8.11. The number of benzene rings is 2. The van der Waals surface area contributed by atoms with Gasteiger partial charge in [-0.15, -0.1) is 0 Å². The Morgan fingerprint density at radius 1 is 1.03 bits per heavy atom. The highest BCUT2D eigenvalue weighted by atomic mass is 32.2. The predicted molar refractivity (Wildman–Crippen MR) is 112 cm³/mol. The number of nitrogens with one attached hydrogen (secondary N) is 2. The molecular weight excluding hydrogens is 392 g/mol. The molecule has 154 valence electrons. The molecule has 0 unspecified atom stereocenters. The molecule has 2 aromatic rings. The lowest BCUT2D eigenvalue weighted by atomic mass is 10.1. The van der Waals surface area contributed by atoms with E-state index in [2.05, 4.69) is 14.8 Å². The Morgan fingerprint density at radius 2 is 1.72 bits per heavy atom. The number of amides is 1. The van der Waals surface area contributed by atoms with E-state index in [-0.39, 0.29) is 4.90 Å². The fraction of sp³-hybridized carbons (Fsp3) is 0.238. The zero-order valence-electron chi connectivity index (χ0n) is 16.3. The van der Waals surface area contributed by atoms with Crippen LogP contribution in [0.15, 0.2) is 65.6 Å². The minimum absolute atomic E-state index is 0.203. The quantitative estimate of drug-likeness (QED) is 0.372. The second kappa shape index (κ2) is 10.5. The molecule has 0 saturated heterocycles. The van der Waals surface area contributed by atoms with Crippen molar-refractivity contribution in [2.75, 3.05) is 19.0 Å². The third kappa shape index (κ3) is 6.55. The first-order chi connectivity index (χ1) is 13.9. The molecule has 1 amide bonds. The average molecular weight is 416 g/mol. The van der Waals surface area contributed by atoms with Gasteiger partial charge in [0.05, 0.1) is 12.0 Å². The van der Waals surface area contributed by atoms with Crippen LogP contribution in [0.4, 0.5) is 5.69 Å². The van der Waals surface area contributed by atoms with E-state index >= 15 is 0 Å². The smallest absolute Gasteiger partial charge is 0.330 e. The van der Waals surface area contributed by atoms with Crippen molar-refractivity contribution in [3.05, 3.63) is 60.7 Å². The molecule has 29 heavy (non-hydrogen) atoms. The van der Waals surface area contributed by atoms with Gasteiger partial charge in [0.15, 0.2) is 0 Å². The molecule has 0 heterocycles. The molecule has 0 radical (unpaired) electrons. The normalized spacial score (nSPS) is 11.4. The van der Waals surface area contributed by atoms with Gasteiger partial charge in [0, 0.05) is 29.9 Å². The molecular formula is C21H24N2O5S. The van der Waals surface area contributed by atoms with E-state index in [1.165, 1.54) is 7.11 Å². The van der Waals surface area contributed by atoms with Gasteiger partial charge in [-0.05, 0) is 30.2 Å². The molecule has 0 aliphatic heterocycles. The monoisotopic (exact) mass is 416 g/mol. The van der Waals surface area contributed by atoms with Crippen molar-refractivity contribution in [2.24, 2.45) is 0 Å². The zero-order valence-corrected chi connectivity index (χ0v) is 17.2. The Hall–Kier alpha value is -2.97. The highest BCUT2D eigenvalue weighted by molar-refractivity contribution is 7.89. The fourth-order valence-electron chi connectivity index (χ4n) is 2.53. The van der Waals surface area contributed by atoms with E-state index in [4.69, 9.17) is 0 Å². The fourth-order valence-corrected chi connectivity index (χ4v) is 3.83. The van der Waals surface area contributed by atoms with Crippen molar-refractivity contribution in [1.29, 1.82) is 0 Å². The van der Waals surface area contributed by atoms with Crippen LogP contribution in [-0.4, -0.2) is 33.9 Å². The lowest BCUT2D eigenvalue weighted by Gasteiger charge is -2.12. The molecule has 0 aliphatic rings. The van der Waals surface area contributed by atoms with E-state index < -0.39 is 21.9 Å². The summed E-state index contributed by atoms with van der Waals surface area (Å²) in [6, 6.07) is 13.5. The lowest BCUT2D eigenvalue weighted by molar-refractivity contribution is -0.135. The van der Waals surface area contributed by atoms with Crippen molar-refractivity contribution in [1.82, 2.24) is 4.72 Å². The molecule has 0 aromatic heterocycles. The maximum absolute atomic E-state index is 12.7. The first-order valence-corrected chi connectivity index (χ1v) is 10.6. The van der Waals surface area contributed by atoms with Crippen LogP contribution in [0, 0.1) is 0 Å². The number of ether oxygens (including phenoxy) is 1. The number of sulfonamides is 1. The number of methoxy groups -OCH3 is 1. The van der Waals surface area contributed by atoms with Crippen LogP contribution in [0.1, 0.15) is 19.8 Å². The second-order valence-electron chi connectivity index (χ2n) is 6.17. The maximum Gasteiger partial charge on any atom is 0.330 e. The molecule has 0 saturated carbocycles. The van der Waals surface area contributed by atoms with E-state index in [0.717, 1.165) is 25.0 Å². The maximum atomic E-state index is 12.7. The summed E-state index contributed by atoms with van der Waals surface area (Å²) in [7, 11) is -2.41. The van der Waals surface area contributed by atoms with Crippen molar-refractivity contribution in [2.45, 2.75) is 24.7 Å². The zero-order chi connectivity index (χ0) is 21.3. The first kappa shape index (κ1) is 22.3. The van der Waals surface area contributed by atoms with E-state index in [1.807, 2.05) is 6.92 Å². The van der Waals surface area contributed by atoms with Crippen LogP contribution >= 0.6 is 0 Å². The van der Waals surface area contributed by atoms with Gasteiger partial charge < -0.3 is 10.1 Å². The number of anilines is 1. The van der Waals surface area contributed by atoms with Gasteiger partial charge in [-0.25, -0.2) is 17.9 Å². The van der Waals surface area contributed by atoms with Crippen molar-refractivity contribution in [3.63, 3.8) is 0 Å². The van der Waals surface area contributed by atoms with Gasteiger partial charge in [-0.2, -0.15) is 0 Å². The van der Waals surface area contributed by atoms with E-state index in [0.29, 0.717) is 23.4 Å². The number of rotatable bonds is 9. The third-order valence-electron chi connectivity index (χ3n) is 4.03. The Labute approximate surface area is 170 Å². The van der Waals surface area contributed by atoms with Crippen molar-refractivity contribution >= 4 is 27.6 Å². The summed E-state index contributed by atoms with van der Waals surface area (Å²) in [5.74, 6) is -1.10. The molecule has 8 heteroatoms. The number of esters is 1. The van der Waals surface area contributed by atoms with Gasteiger partial charge in [0.25, 0.3) is 0 Å². The topological polar surface area (TPSA) is 102 Å². The van der Waals surface area contributed by atoms with Crippen LogP contribution in [0.25, 0.3) is 11.1 Å². The summed E-state index contributed by atoms with van der Waals surface area (Å²) in [5, 5.41) is 2.62. The van der Waals surface area contributed by atoms with Gasteiger partial charge in [0.2, 0.25) is 15.9 Å². The van der Waals surface area contributed by atoms with Crippen LogP contribution in [0.3, 0.4) is 0 Å². The Bertz CT molecular complexity index is 982. The summed E-state index contributed by atoms with van der Waals surface area (Å²) in [5.41, 5.74) is 1.78. The van der Waals surface area contributed by atoms with Crippen LogP contribution in [0.5, 0.6) is 0 Å². The molecule has 0 aliphatic carbocycles. The Balaban J connectivity index is 2.19. The van der Waals surface area contributed by atoms with Crippen molar-refractivity contribution in [3.8, 4) is 11.1 Å². The van der Waals surface area contributed by atoms with E-state index in [9.17, 15) is 18.0 Å². The molecule has 0 bridgehead atoms. The SMILES string of the molecule is CCCCNS(=O)(=O)c1ccccc1-c1ccc(NC(=O)/C=C\C(=O)OC)cc1. The van der Waals surface area contributed by atoms with Gasteiger partial charge in [-0.1, -0.05) is 43.7 Å². The third-order valence-corrected chi connectivity index (χ3v) is 5.55. The molecule has 0 spiro atoms. The standard InChI is InChI=1S/C21H24N2O5S/c1-3-4-15-22-29(26,27)19-8-6-5-7-18(19)16-9-11-17(12-10-16)23-20(24)13-14-21(25)28-2/h5-14,22H,3-4,15H2,1-2H3,(H,23,24)/b14-13-. The molecule has 2 rings (SSSR count). The summed E-state index contributed by atoms with van der Waals surface area (Å²) in [4.78, 5) is 23.0. The number of carbonyl (C=O) groups is 2. The van der Waals surface area contributed by atoms with Gasteiger partial charge in [-0.3, -0.25) is 4.79 Å². The number of carbonyl (C=O) groups excluding carboxylic acids is 2. The summed E-state index contributed by atoms with van der Waals surface area (Å²) in [6.07, 6.45) is 3.76. The molecule has 2 N–H and O–H groups in total. The van der Waals surface area contributed by atoms with Gasteiger partial charge >= 0.3 is 5.97 Å². The largest absolute Gasteiger partial charge is 0.466 e. The van der Waals surface area contributed by atoms with Crippen LogP contribution < -0.4 is 10.0 Å². The number of hydrogen-bond donors (Lipinski definition) is 2. The molecule has 2 aromatic carbocycles. The van der Waals surface area contributed by atoms with Crippen LogP contribution in [-0.2, 0) is 24.3 Å². The molecule has 0 atom stereocenters. The second-order valence-corrected chi connectivity index (χ2v) is 7.91. The first-order valence-electron chi connectivity index (χ1n) is 9.13. The molecule has 0 fully saturated rings. The average Bonchev–Trinajstić information content (AvgIpc) is 2.72. The van der Waals surface area contributed by atoms with Crippen LogP contribution in [0.2, 0.25) is 0 Å². The summed E-state index contributed by atoms with van der Waals surface area (Å²) in [6.45, 7) is 2.38. The summed E-state index contributed by atoms with van der Waals surface area (Å²) < 4.78 is 32.4. The number of unbranched alkanes of at least 4 members (excludes halogenated alkanes) is 1. The van der Waals surface area contributed by atoms with E-state index in [1.54, 1.807) is 48.5 Å². The highest BCUT2D eigenvalue weighted by Gasteiger charge is 2.18. The highest BCUT2D eigenvalue weighted by Crippen LogP contribution is 2.28. The minimum Gasteiger partial charge on any atom is -0.466 e. The predicted octanol–water partition coefficient (Wildman–Crippen LogP) is 3.10. The van der Waals surface area contributed by atoms with Crippen molar-refractivity contribution < 1.29 is 22.7 Å².